The molecule has 1 fully saturated rings. The molecule has 3 rings (SSSR count). The number of benzene rings is 1. The quantitative estimate of drug-likeness (QED) is 0.817. The molecule has 2 aromatic rings. The molecule has 1 N–H and O–H groups in total. The highest BCUT2D eigenvalue weighted by Crippen LogP contribution is 2.27. The van der Waals surface area contributed by atoms with E-state index in [1.54, 1.807) is 24.6 Å². The summed E-state index contributed by atoms with van der Waals surface area (Å²) in [7, 11) is -1.88. The van der Waals surface area contributed by atoms with Gasteiger partial charge in [0.05, 0.1) is 12.5 Å². The molecule has 8 heteroatoms. The number of carbonyl (C=O) groups is 1. The van der Waals surface area contributed by atoms with Crippen LogP contribution in [0.4, 0.5) is 5.69 Å². The molecule has 1 amide bonds. The van der Waals surface area contributed by atoms with E-state index in [-0.39, 0.29) is 18.4 Å². The van der Waals surface area contributed by atoms with Gasteiger partial charge in [0.15, 0.2) is 0 Å². The number of sulfonamides is 1. The monoisotopic (exact) mass is 394 g/mol. The lowest BCUT2D eigenvalue weighted by Crippen LogP contribution is -2.43. The van der Waals surface area contributed by atoms with Crippen LogP contribution in [-0.4, -0.2) is 38.8 Å². The van der Waals surface area contributed by atoms with Gasteiger partial charge in [0.25, 0.3) is 10.0 Å². The molecular formula is C18H22N2O4S2. The molecule has 1 atom stereocenters. The predicted octanol–water partition coefficient (Wildman–Crippen LogP) is 2.93. The van der Waals surface area contributed by atoms with Gasteiger partial charge in [-0.3, -0.25) is 4.79 Å². The normalized spacial score (nSPS) is 18.6. The number of piperidine rings is 1. The zero-order valence-electron chi connectivity index (χ0n) is 14.6. The fourth-order valence-corrected chi connectivity index (χ4v) is 5.68. The molecule has 2 heterocycles. The fraction of sp³-hybridized carbons (Fsp3) is 0.389. The average Bonchev–Trinajstić information content (AvgIpc) is 3.19. The number of nitrogens with zero attached hydrogens (tertiary/aromatic N) is 1. The van der Waals surface area contributed by atoms with Gasteiger partial charge in [0.1, 0.15) is 4.21 Å². The minimum absolute atomic E-state index is 0.143. The van der Waals surface area contributed by atoms with Crippen molar-refractivity contribution in [1.82, 2.24) is 4.31 Å². The van der Waals surface area contributed by atoms with Gasteiger partial charge in [-0.2, -0.15) is 4.31 Å². The van der Waals surface area contributed by atoms with Crippen molar-refractivity contribution in [1.29, 1.82) is 0 Å². The number of methoxy groups -OCH3 is 1. The molecule has 1 aromatic heterocycles. The Labute approximate surface area is 157 Å². The number of hydrogen-bond donors (Lipinski definition) is 1. The second kappa shape index (κ2) is 8.30. The Bertz CT molecular complexity index is 833. The first-order valence-electron chi connectivity index (χ1n) is 8.43. The molecule has 0 unspecified atom stereocenters. The van der Waals surface area contributed by atoms with Crippen LogP contribution in [0.3, 0.4) is 0 Å². The summed E-state index contributed by atoms with van der Waals surface area (Å²) in [6.45, 7) is 1.19. The standard InChI is InChI=1S/C18H22N2O4S2/c1-24-13-14-6-8-16(9-7-14)19-18(21)15-4-2-10-20(12-15)26(22,23)17-5-3-11-25-17/h3,5-9,11,15H,2,4,10,12-13H2,1H3,(H,19,21)/t15-/m0/s1. The van der Waals surface area contributed by atoms with Crippen molar-refractivity contribution in [2.75, 3.05) is 25.5 Å². The van der Waals surface area contributed by atoms with E-state index < -0.39 is 10.0 Å². The topological polar surface area (TPSA) is 75.7 Å². The summed E-state index contributed by atoms with van der Waals surface area (Å²) in [6, 6.07) is 10.8. The number of amides is 1. The van der Waals surface area contributed by atoms with Crippen LogP contribution in [0.2, 0.25) is 0 Å². The number of ether oxygens (including phenoxy) is 1. The van der Waals surface area contributed by atoms with E-state index in [1.807, 2.05) is 24.3 Å². The zero-order chi connectivity index (χ0) is 18.6. The molecule has 1 aliphatic rings. The lowest BCUT2D eigenvalue weighted by atomic mass is 9.98. The highest BCUT2D eigenvalue weighted by Gasteiger charge is 2.33. The Kier molecular flexibility index (Phi) is 6.08. The van der Waals surface area contributed by atoms with Crippen molar-refractivity contribution in [3.63, 3.8) is 0 Å². The number of anilines is 1. The summed E-state index contributed by atoms with van der Waals surface area (Å²) >= 11 is 1.20. The molecule has 1 saturated heterocycles. The van der Waals surface area contributed by atoms with Gasteiger partial charge in [0, 0.05) is 25.9 Å². The van der Waals surface area contributed by atoms with Crippen LogP contribution in [0.25, 0.3) is 0 Å². The van der Waals surface area contributed by atoms with Crippen molar-refractivity contribution in [2.24, 2.45) is 5.92 Å². The second-order valence-electron chi connectivity index (χ2n) is 6.25. The van der Waals surface area contributed by atoms with Crippen molar-refractivity contribution in [3.8, 4) is 0 Å². The third-order valence-corrected chi connectivity index (χ3v) is 7.61. The van der Waals surface area contributed by atoms with Gasteiger partial charge < -0.3 is 10.1 Å². The maximum absolute atomic E-state index is 12.7. The molecule has 26 heavy (non-hydrogen) atoms. The van der Waals surface area contributed by atoms with Crippen LogP contribution in [-0.2, 0) is 26.2 Å². The third-order valence-electron chi connectivity index (χ3n) is 4.38. The Balaban J connectivity index is 1.64. The van der Waals surface area contributed by atoms with Crippen molar-refractivity contribution >= 4 is 33.0 Å². The Morgan fingerprint density at radius 2 is 2.08 bits per heavy atom. The van der Waals surface area contributed by atoms with Crippen molar-refractivity contribution in [3.05, 3.63) is 47.3 Å². The first-order valence-corrected chi connectivity index (χ1v) is 10.7. The summed E-state index contributed by atoms with van der Waals surface area (Å²) in [6.07, 6.45) is 1.36. The number of nitrogens with one attached hydrogen (secondary N) is 1. The first-order chi connectivity index (χ1) is 12.5. The van der Waals surface area contributed by atoms with Crippen LogP contribution in [0, 0.1) is 5.92 Å². The molecule has 0 aliphatic carbocycles. The first kappa shape index (κ1) is 19.0. The molecule has 0 bridgehead atoms. The van der Waals surface area contributed by atoms with Gasteiger partial charge in [-0.25, -0.2) is 8.42 Å². The number of thiophene rings is 1. The number of carbonyl (C=O) groups excluding carboxylic acids is 1. The van der Waals surface area contributed by atoms with Crippen LogP contribution >= 0.6 is 11.3 Å². The molecule has 0 saturated carbocycles. The molecular weight excluding hydrogens is 372 g/mol. The van der Waals surface area contributed by atoms with E-state index >= 15 is 0 Å². The van der Waals surface area contributed by atoms with Gasteiger partial charge in [-0.1, -0.05) is 18.2 Å². The molecule has 140 valence electrons. The van der Waals surface area contributed by atoms with Crippen LogP contribution in [0.1, 0.15) is 18.4 Å². The highest BCUT2D eigenvalue weighted by atomic mass is 32.2. The Hall–Kier alpha value is -1.74. The molecule has 6 nitrogen and oxygen atoms in total. The van der Waals surface area contributed by atoms with Gasteiger partial charge in [-0.05, 0) is 42.0 Å². The van der Waals surface area contributed by atoms with Gasteiger partial charge in [-0.15, -0.1) is 11.3 Å². The van der Waals surface area contributed by atoms with Crippen molar-refractivity contribution < 1.29 is 17.9 Å². The highest BCUT2D eigenvalue weighted by molar-refractivity contribution is 7.91. The van der Waals surface area contributed by atoms with E-state index in [9.17, 15) is 13.2 Å². The summed E-state index contributed by atoms with van der Waals surface area (Å²) in [5, 5.41) is 4.63. The van der Waals surface area contributed by atoms with Crippen LogP contribution in [0.5, 0.6) is 0 Å². The maximum atomic E-state index is 12.7. The second-order valence-corrected chi connectivity index (χ2v) is 9.37. The van der Waals surface area contributed by atoms with Crippen molar-refractivity contribution in [2.45, 2.75) is 23.7 Å². The molecule has 0 radical (unpaired) electrons. The minimum atomic E-state index is -3.51. The van der Waals surface area contributed by atoms with Gasteiger partial charge in [0.2, 0.25) is 5.91 Å². The Morgan fingerprint density at radius 3 is 2.73 bits per heavy atom. The summed E-state index contributed by atoms with van der Waals surface area (Å²) < 4.78 is 32.2. The summed E-state index contributed by atoms with van der Waals surface area (Å²) in [5.74, 6) is -0.493. The van der Waals surface area contributed by atoms with E-state index in [4.69, 9.17) is 4.74 Å². The van der Waals surface area contributed by atoms with Crippen LogP contribution < -0.4 is 5.32 Å². The third kappa shape index (κ3) is 4.32. The molecule has 1 aliphatic heterocycles. The van der Waals surface area contributed by atoms with E-state index in [0.29, 0.717) is 35.9 Å². The molecule has 1 aromatic carbocycles. The lowest BCUT2D eigenvalue weighted by Gasteiger charge is -2.30. The maximum Gasteiger partial charge on any atom is 0.252 e. The average molecular weight is 395 g/mol. The van der Waals surface area contributed by atoms with E-state index in [1.165, 1.54) is 15.6 Å². The SMILES string of the molecule is COCc1ccc(NC(=O)[C@H]2CCCN(S(=O)(=O)c3cccs3)C2)cc1. The number of hydrogen-bond acceptors (Lipinski definition) is 5. The summed E-state index contributed by atoms with van der Waals surface area (Å²) in [5.41, 5.74) is 1.73. The smallest absolute Gasteiger partial charge is 0.252 e. The molecule has 0 spiro atoms. The predicted molar refractivity (Wildman–Crippen MR) is 102 cm³/mol. The minimum Gasteiger partial charge on any atom is -0.380 e. The van der Waals surface area contributed by atoms with E-state index in [2.05, 4.69) is 5.32 Å². The fourth-order valence-electron chi connectivity index (χ4n) is 3.01. The summed E-state index contributed by atoms with van der Waals surface area (Å²) in [4.78, 5) is 12.6. The Morgan fingerprint density at radius 1 is 1.31 bits per heavy atom. The van der Waals surface area contributed by atoms with Crippen LogP contribution in [0.15, 0.2) is 46.0 Å². The zero-order valence-corrected chi connectivity index (χ0v) is 16.2. The van der Waals surface area contributed by atoms with Gasteiger partial charge >= 0.3 is 0 Å². The largest absolute Gasteiger partial charge is 0.380 e. The lowest BCUT2D eigenvalue weighted by molar-refractivity contribution is -0.120. The van der Waals surface area contributed by atoms with E-state index in [0.717, 1.165) is 5.56 Å². The number of rotatable bonds is 6.